The molecule has 0 radical (unpaired) electrons. The van der Waals surface area contributed by atoms with Crippen molar-refractivity contribution in [3.63, 3.8) is 0 Å². The molecule has 6 heteroatoms. The average molecular weight is 297 g/mol. The van der Waals surface area contributed by atoms with Gasteiger partial charge in [-0.3, -0.25) is 4.90 Å². The second-order valence-corrected chi connectivity index (χ2v) is 4.54. The second-order valence-electron chi connectivity index (χ2n) is 4.13. The van der Waals surface area contributed by atoms with Gasteiger partial charge in [0.15, 0.2) is 0 Å². The van der Waals surface area contributed by atoms with Gasteiger partial charge in [-0.1, -0.05) is 17.7 Å². The smallest absolute Gasteiger partial charge is 0.141 e. The van der Waals surface area contributed by atoms with Crippen LogP contribution < -0.4 is 5.32 Å². The average Bonchev–Trinajstić information content (AvgIpc) is 2.36. The SMILES string of the molecule is Cl.FC[C@@H](c1ccc(F)c(Cl)c1)N1CCNCC1. The predicted octanol–water partition coefficient (Wildman–Crippen LogP) is 2.82. The van der Waals surface area contributed by atoms with E-state index < -0.39 is 12.5 Å². The fourth-order valence-corrected chi connectivity index (χ4v) is 2.30. The summed E-state index contributed by atoms with van der Waals surface area (Å²) in [5, 5.41) is 3.27. The highest BCUT2D eigenvalue weighted by atomic mass is 35.5. The highest BCUT2D eigenvalue weighted by molar-refractivity contribution is 6.30. The van der Waals surface area contributed by atoms with Gasteiger partial charge in [0.05, 0.1) is 11.1 Å². The highest BCUT2D eigenvalue weighted by Gasteiger charge is 2.22. The van der Waals surface area contributed by atoms with Crippen molar-refractivity contribution in [2.24, 2.45) is 0 Å². The van der Waals surface area contributed by atoms with Gasteiger partial charge in [-0.15, -0.1) is 12.4 Å². The van der Waals surface area contributed by atoms with Crippen LogP contribution >= 0.6 is 24.0 Å². The van der Waals surface area contributed by atoms with Crippen molar-refractivity contribution >= 4 is 24.0 Å². The molecular formula is C12H16Cl2F2N2. The third-order valence-corrected chi connectivity index (χ3v) is 3.36. The maximum absolute atomic E-state index is 13.2. The van der Waals surface area contributed by atoms with E-state index in [2.05, 4.69) is 10.2 Å². The zero-order valence-corrected chi connectivity index (χ0v) is 11.4. The number of rotatable bonds is 3. The number of alkyl halides is 1. The molecule has 1 aliphatic heterocycles. The fraction of sp³-hybridized carbons (Fsp3) is 0.500. The monoisotopic (exact) mass is 296 g/mol. The molecule has 1 heterocycles. The standard InChI is InChI=1S/C12H15ClF2N2.ClH/c13-10-7-9(1-2-11(10)15)12(8-14)17-5-3-16-4-6-17;/h1-2,7,12,16H,3-6,8H2;1H/t12-;/m0./s1. The van der Waals surface area contributed by atoms with Crippen LogP contribution in [0.25, 0.3) is 0 Å². The summed E-state index contributed by atoms with van der Waals surface area (Å²) in [5.74, 6) is -0.465. The Morgan fingerprint density at radius 3 is 2.56 bits per heavy atom. The zero-order valence-electron chi connectivity index (χ0n) is 9.83. The Labute approximate surface area is 117 Å². The molecule has 1 aromatic rings. The van der Waals surface area contributed by atoms with Crippen LogP contribution in [0, 0.1) is 5.82 Å². The minimum atomic E-state index is -0.484. The molecule has 0 unspecified atom stereocenters. The summed E-state index contributed by atoms with van der Waals surface area (Å²) in [4.78, 5) is 2.06. The van der Waals surface area contributed by atoms with E-state index in [1.807, 2.05) is 0 Å². The summed E-state index contributed by atoms with van der Waals surface area (Å²) in [6.45, 7) is 2.81. The molecule has 1 N–H and O–H groups in total. The molecule has 1 aromatic carbocycles. The van der Waals surface area contributed by atoms with Crippen molar-refractivity contribution in [3.05, 3.63) is 34.6 Å². The first-order valence-corrected chi connectivity index (χ1v) is 6.06. The van der Waals surface area contributed by atoms with Gasteiger partial charge in [0.2, 0.25) is 0 Å². The van der Waals surface area contributed by atoms with Crippen LogP contribution in [-0.4, -0.2) is 37.8 Å². The summed E-state index contributed by atoms with van der Waals surface area (Å²) in [6, 6.07) is 4.09. The zero-order chi connectivity index (χ0) is 12.3. The molecule has 1 fully saturated rings. The van der Waals surface area contributed by atoms with Crippen molar-refractivity contribution in [2.45, 2.75) is 6.04 Å². The quantitative estimate of drug-likeness (QED) is 0.923. The summed E-state index contributed by atoms with van der Waals surface area (Å²) >= 11 is 5.73. The summed E-state index contributed by atoms with van der Waals surface area (Å²) in [7, 11) is 0. The molecule has 1 saturated heterocycles. The number of halogens is 4. The molecule has 1 atom stereocenters. The van der Waals surface area contributed by atoms with Crippen LogP contribution in [0.3, 0.4) is 0 Å². The van der Waals surface area contributed by atoms with E-state index >= 15 is 0 Å². The van der Waals surface area contributed by atoms with Crippen LogP contribution in [0.1, 0.15) is 11.6 Å². The molecule has 0 bridgehead atoms. The lowest BCUT2D eigenvalue weighted by molar-refractivity contribution is 0.147. The maximum Gasteiger partial charge on any atom is 0.141 e. The molecular weight excluding hydrogens is 281 g/mol. The Bertz CT molecular complexity index is 384. The van der Waals surface area contributed by atoms with Gasteiger partial charge in [0.25, 0.3) is 0 Å². The van der Waals surface area contributed by atoms with Gasteiger partial charge in [-0.25, -0.2) is 8.78 Å². The Hall–Kier alpha value is -0.420. The van der Waals surface area contributed by atoms with Crippen molar-refractivity contribution in [1.29, 1.82) is 0 Å². The molecule has 0 saturated carbocycles. The van der Waals surface area contributed by atoms with Gasteiger partial charge in [0.1, 0.15) is 12.5 Å². The van der Waals surface area contributed by atoms with Crippen LogP contribution in [0.15, 0.2) is 18.2 Å². The topological polar surface area (TPSA) is 15.3 Å². The molecule has 1 aliphatic rings. The minimum Gasteiger partial charge on any atom is -0.314 e. The number of nitrogens with one attached hydrogen (secondary N) is 1. The number of piperazine rings is 1. The second kappa shape index (κ2) is 7.24. The molecule has 0 amide bonds. The van der Waals surface area contributed by atoms with Crippen LogP contribution in [0.5, 0.6) is 0 Å². The minimum absolute atomic E-state index is 0. The van der Waals surface area contributed by atoms with Crippen molar-refractivity contribution < 1.29 is 8.78 Å². The highest BCUT2D eigenvalue weighted by Crippen LogP contribution is 2.25. The van der Waals surface area contributed by atoms with Gasteiger partial charge in [-0.05, 0) is 17.7 Å². The molecule has 102 valence electrons. The maximum atomic E-state index is 13.2. The first-order valence-electron chi connectivity index (χ1n) is 5.68. The van der Waals surface area contributed by atoms with Gasteiger partial charge in [-0.2, -0.15) is 0 Å². The molecule has 2 nitrogen and oxygen atoms in total. The first kappa shape index (κ1) is 15.6. The Balaban J connectivity index is 0.00000162. The van der Waals surface area contributed by atoms with Crippen LogP contribution in [-0.2, 0) is 0 Å². The predicted molar refractivity (Wildman–Crippen MR) is 71.8 cm³/mol. The summed E-state index contributed by atoms with van der Waals surface area (Å²) < 4.78 is 26.2. The molecule has 2 rings (SSSR count). The van der Waals surface area contributed by atoms with Crippen LogP contribution in [0.4, 0.5) is 8.78 Å². The van der Waals surface area contributed by atoms with E-state index in [1.165, 1.54) is 12.1 Å². The Morgan fingerprint density at radius 2 is 2.00 bits per heavy atom. The van der Waals surface area contributed by atoms with Gasteiger partial charge in [0, 0.05) is 26.2 Å². The van der Waals surface area contributed by atoms with Crippen molar-refractivity contribution in [3.8, 4) is 0 Å². The third kappa shape index (κ3) is 3.54. The molecule has 0 spiro atoms. The van der Waals surface area contributed by atoms with Crippen LogP contribution in [0.2, 0.25) is 5.02 Å². The Morgan fingerprint density at radius 1 is 1.33 bits per heavy atom. The fourth-order valence-electron chi connectivity index (χ4n) is 2.11. The molecule has 0 aromatic heterocycles. The lowest BCUT2D eigenvalue weighted by Gasteiger charge is -2.33. The number of hydrogen-bond acceptors (Lipinski definition) is 2. The number of benzene rings is 1. The van der Waals surface area contributed by atoms with Crippen molar-refractivity contribution in [1.82, 2.24) is 10.2 Å². The van der Waals surface area contributed by atoms with Gasteiger partial charge < -0.3 is 5.32 Å². The first-order chi connectivity index (χ1) is 8.22. The van der Waals surface area contributed by atoms with E-state index in [4.69, 9.17) is 11.6 Å². The molecule has 0 aliphatic carbocycles. The van der Waals surface area contributed by atoms with Gasteiger partial charge >= 0.3 is 0 Å². The van der Waals surface area contributed by atoms with E-state index in [9.17, 15) is 8.78 Å². The normalized spacial score (nSPS) is 18.2. The lowest BCUT2D eigenvalue weighted by atomic mass is 10.1. The van der Waals surface area contributed by atoms with E-state index in [-0.39, 0.29) is 23.5 Å². The lowest BCUT2D eigenvalue weighted by Crippen LogP contribution is -2.45. The van der Waals surface area contributed by atoms with E-state index in [1.54, 1.807) is 6.07 Å². The number of hydrogen-bond donors (Lipinski definition) is 1. The third-order valence-electron chi connectivity index (χ3n) is 3.07. The van der Waals surface area contributed by atoms with E-state index in [0.29, 0.717) is 0 Å². The summed E-state index contributed by atoms with van der Waals surface area (Å²) in [6.07, 6.45) is 0. The molecule has 18 heavy (non-hydrogen) atoms. The van der Waals surface area contributed by atoms with E-state index in [0.717, 1.165) is 31.7 Å². The Kier molecular flexibility index (Phi) is 6.29. The number of nitrogens with zero attached hydrogens (tertiary/aromatic N) is 1. The summed E-state index contributed by atoms with van der Waals surface area (Å²) in [5.41, 5.74) is 0.737. The van der Waals surface area contributed by atoms with Crippen molar-refractivity contribution in [2.75, 3.05) is 32.9 Å². The largest absolute Gasteiger partial charge is 0.314 e.